The summed E-state index contributed by atoms with van der Waals surface area (Å²) in [7, 11) is 0. The number of thiazole rings is 1. The van der Waals surface area contributed by atoms with Gasteiger partial charge < -0.3 is 10.2 Å². The maximum atomic E-state index is 12.8. The molecule has 0 saturated carbocycles. The van der Waals surface area contributed by atoms with Crippen LogP contribution in [0.5, 0.6) is 0 Å². The number of aromatic nitrogens is 1. The van der Waals surface area contributed by atoms with Gasteiger partial charge in [0, 0.05) is 51.7 Å². The molecule has 0 bridgehead atoms. The van der Waals surface area contributed by atoms with Gasteiger partial charge in [-0.05, 0) is 12.0 Å². The number of piperazine rings is 1. The van der Waals surface area contributed by atoms with Gasteiger partial charge in [0.1, 0.15) is 4.88 Å². The van der Waals surface area contributed by atoms with E-state index in [1.807, 2.05) is 23.1 Å². The molecule has 0 spiro atoms. The van der Waals surface area contributed by atoms with Crippen molar-refractivity contribution in [2.24, 2.45) is 0 Å². The Hall–Kier alpha value is -1.18. The second-order valence-electron chi connectivity index (χ2n) is 6.76. The smallest absolute Gasteiger partial charge is 0.265 e. The Bertz CT molecular complexity index is 722. The van der Waals surface area contributed by atoms with E-state index in [2.05, 4.69) is 27.3 Å². The highest BCUT2D eigenvalue weighted by atomic mass is 35.5. The van der Waals surface area contributed by atoms with Crippen LogP contribution in [0.3, 0.4) is 0 Å². The number of rotatable bonds is 4. The number of halogens is 2. The fourth-order valence-corrected chi connectivity index (χ4v) is 4.61. The number of hydrogen-bond donors (Lipinski definition) is 1. The van der Waals surface area contributed by atoms with Gasteiger partial charge in [0.05, 0.1) is 11.2 Å². The first-order valence-corrected chi connectivity index (χ1v) is 9.84. The fourth-order valence-electron chi connectivity index (χ4n) is 3.69. The third kappa shape index (κ3) is 5.42. The molecule has 1 amide bonds. The van der Waals surface area contributed by atoms with Crippen LogP contribution in [0.15, 0.2) is 36.5 Å². The van der Waals surface area contributed by atoms with Crippen LogP contribution in [-0.4, -0.2) is 66.0 Å². The van der Waals surface area contributed by atoms with Crippen LogP contribution < -0.4 is 5.32 Å². The Balaban J connectivity index is 0.00000131. The number of nitrogens with zero attached hydrogens (tertiary/aromatic N) is 3. The average Bonchev–Trinajstić information content (AvgIpc) is 3.33. The molecule has 1 atom stereocenters. The summed E-state index contributed by atoms with van der Waals surface area (Å²) >= 11 is 1.53. The number of nitrogens with one attached hydrogen (secondary N) is 1. The van der Waals surface area contributed by atoms with E-state index in [9.17, 15) is 4.79 Å². The molecule has 2 saturated heterocycles. The number of carbonyl (C=O) groups excluding carboxylic acids is 1. The van der Waals surface area contributed by atoms with Crippen LogP contribution >= 0.6 is 36.2 Å². The lowest BCUT2D eigenvalue weighted by molar-refractivity contribution is 0.0778. The van der Waals surface area contributed by atoms with Crippen LogP contribution in [-0.2, 0) is 6.42 Å². The summed E-state index contributed by atoms with van der Waals surface area (Å²) < 4.78 is 0. The molecule has 0 aliphatic carbocycles. The molecule has 1 aromatic heterocycles. The maximum Gasteiger partial charge on any atom is 0.265 e. The second kappa shape index (κ2) is 10.4. The van der Waals surface area contributed by atoms with Gasteiger partial charge in [-0.3, -0.25) is 9.69 Å². The van der Waals surface area contributed by atoms with E-state index in [4.69, 9.17) is 0 Å². The quantitative estimate of drug-likeness (QED) is 0.812. The zero-order valence-electron chi connectivity index (χ0n) is 15.2. The van der Waals surface area contributed by atoms with Gasteiger partial charge in [-0.2, -0.15) is 0 Å². The summed E-state index contributed by atoms with van der Waals surface area (Å²) in [5.41, 5.74) is 1.23. The lowest BCUT2D eigenvalue weighted by Crippen LogP contribution is -2.49. The first-order valence-electron chi connectivity index (χ1n) is 9.02. The zero-order chi connectivity index (χ0) is 17.1. The fraction of sp³-hybridized carbons (Fsp3) is 0.474. The molecular formula is C19H26Cl2N4OS. The molecule has 2 fully saturated rings. The molecule has 2 aliphatic heterocycles. The molecule has 8 heteroatoms. The van der Waals surface area contributed by atoms with Crippen LogP contribution in [0.1, 0.15) is 26.7 Å². The molecule has 1 N–H and O–H groups in total. The van der Waals surface area contributed by atoms with Crippen molar-refractivity contribution in [2.45, 2.75) is 18.9 Å². The molecule has 3 heterocycles. The van der Waals surface area contributed by atoms with Gasteiger partial charge in [-0.25, -0.2) is 4.98 Å². The molecule has 0 radical (unpaired) electrons. The normalized spacial score (nSPS) is 20.0. The Morgan fingerprint density at radius 1 is 1.15 bits per heavy atom. The zero-order valence-corrected chi connectivity index (χ0v) is 17.6. The van der Waals surface area contributed by atoms with Gasteiger partial charge in [0.2, 0.25) is 0 Å². The summed E-state index contributed by atoms with van der Waals surface area (Å²) in [5.74, 6) is 0.148. The summed E-state index contributed by atoms with van der Waals surface area (Å²) in [4.78, 5) is 22.6. The Kier molecular flexibility index (Phi) is 8.51. The molecule has 148 valence electrons. The van der Waals surface area contributed by atoms with Crippen molar-refractivity contribution in [1.82, 2.24) is 20.1 Å². The highest BCUT2D eigenvalue weighted by Gasteiger charge is 2.31. The maximum absolute atomic E-state index is 12.8. The minimum absolute atomic E-state index is 0. The Morgan fingerprint density at radius 2 is 1.89 bits per heavy atom. The number of amides is 1. The van der Waals surface area contributed by atoms with Gasteiger partial charge in [0.15, 0.2) is 0 Å². The van der Waals surface area contributed by atoms with E-state index in [0.29, 0.717) is 6.04 Å². The third-order valence-electron chi connectivity index (χ3n) is 5.08. The second-order valence-corrected chi connectivity index (χ2v) is 7.88. The third-order valence-corrected chi connectivity index (χ3v) is 6.07. The lowest BCUT2D eigenvalue weighted by atomic mass is 10.2. The van der Waals surface area contributed by atoms with Gasteiger partial charge in [-0.15, -0.1) is 36.2 Å². The van der Waals surface area contributed by atoms with Crippen molar-refractivity contribution in [3.05, 3.63) is 52.0 Å². The molecule has 27 heavy (non-hydrogen) atoms. The lowest BCUT2D eigenvalue weighted by Gasteiger charge is -2.32. The standard InChI is InChI=1S/C19H24N4OS.2ClH/c24-19(23-9-6-16(14-23)22-10-7-20-8-11-22)17-13-21-18(25-17)12-15-4-2-1-3-5-15;;/h1-5,13,16,20H,6-12,14H2;2*1H. The van der Waals surface area contributed by atoms with E-state index in [1.54, 1.807) is 6.20 Å². The summed E-state index contributed by atoms with van der Waals surface area (Å²) in [6.45, 7) is 6.01. The minimum atomic E-state index is 0. The number of likely N-dealkylation sites (tertiary alicyclic amines) is 1. The number of hydrogen-bond acceptors (Lipinski definition) is 5. The molecule has 1 unspecified atom stereocenters. The average molecular weight is 429 g/mol. The van der Waals surface area contributed by atoms with Crippen molar-refractivity contribution in [1.29, 1.82) is 0 Å². The monoisotopic (exact) mass is 428 g/mol. The minimum Gasteiger partial charge on any atom is -0.336 e. The van der Waals surface area contributed by atoms with E-state index in [1.165, 1.54) is 16.9 Å². The van der Waals surface area contributed by atoms with Crippen molar-refractivity contribution in [3.8, 4) is 0 Å². The van der Waals surface area contributed by atoms with Gasteiger partial charge in [0.25, 0.3) is 5.91 Å². The predicted octanol–water partition coefficient (Wildman–Crippen LogP) is 2.70. The van der Waals surface area contributed by atoms with Crippen molar-refractivity contribution >= 4 is 42.1 Å². The first kappa shape index (κ1) is 22.1. The first-order chi connectivity index (χ1) is 12.3. The Morgan fingerprint density at radius 3 is 2.63 bits per heavy atom. The van der Waals surface area contributed by atoms with Crippen LogP contribution in [0.25, 0.3) is 0 Å². The molecule has 4 rings (SSSR count). The summed E-state index contributed by atoms with van der Waals surface area (Å²) in [6, 6.07) is 10.8. The number of carbonyl (C=O) groups is 1. The summed E-state index contributed by atoms with van der Waals surface area (Å²) in [5, 5.41) is 4.40. The van der Waals surface area contributed by atoms with Crippen molar-refractivity contribution in [2.75, 3.05) is 39.3 Å². The highest BCUT2D eigenvalue weighted by molar-refractivity contribution is 7.13. The van der Waals surface area contributed by atoms with Crippen LogP contribution in [0, 0.1) is 0 Å². The van der Waals surface area contributed by atoms with Crippen LogP contribution in [0.2, 0.25) is 0 Å². The molecular weight excluding hydrogens is 403 g/mol. The van der Waals surface area contributed by atoms with Gasteiger partial charge in [-0.1, -0.05) is 30.3 Å². The van der Waals surface area contributed by atoms with E-state index in [-0.39, 0.29) is 30.7 Å². The molecule has 1 aromatic carbocycles. The van der Waals surface area contributed by atoms with Crippen LogP contribution in [0.4, 0.5) is 0 Å². The summed E-state index contributed by atoms with van der Waals surface area (Å²) in [6.07, 6.45) is 3.63. The molecule has 5 nitrogen and oxygen atoms in total. The molecule has 2 aliphatic rings. The van der Waals surface area contributed by atoms with Crippen molar-refractivity contribution in [3.63, 3.8) is 0 Å². The van der Waals surface area contributed by atoms with Crippen molar-refractivity contribution < 1.29 is 4.79 Å². The predicted molar refractivity (Wildman–Crippen MR) is 115 cm³/mol. The molecule has 2 aromatic rings. The number of benzene rings is 1. The highest BCUT2D eigenvalue weighted by Crippen LogP contribution is 2.22. The SMILES string of the molecule is Cl.Cl.O=C(c1cnc(Cc2ccccc2)s1)N1CCC(N2CCNCC2)C1. The van der Waals surface area contributed by atoms with E-state index >= 15 is 0 Å². The topological polar surface area (TPSA) is 48.5 Å². The Labute approximate surface area is 177 Å². The van der Waals surface area contributed by atoms with Gasteiger partial charge >= 0.3 is 0 Å². The van der Waals surface area contributed by atoms with E-state index in [0.717, 1.165) is 62.0 Å². The van der Waals surface area contributed by atoms with E-state index < -0.39 is 0 Å². The largest absolute Gasteiger partial charge is 0.336 e.